The fourth-order valence-electron chi connectivity index (χ4n) is 3.36. The number of nitrogens with one attached hydrogen (secondary N) is 3. The highest BCUT2D eigenvalue weighted by molar-refractivity contribution is 6.24. The SMILES string of the molecule is C=C/C(F)=C(\N=C(N)c1c[nH]c2c1=CC(Cl)CN=2)NCC1COCCN1C(=O)NCC. The van der Waals surface area contributed by atoms with Crippen molar-refractivity contribution in [2.45, 2.75) is 18.3 Å². The Morgan fingerprint density at radius 1 is 1.58 bits per heavy atom. The third-order valence-electron chi connectivity index (χ3n) is 4.91. The highest BCUT2D eigenvalue weighted by Crippen LogP contribution is 2.11. The number of carbonyl (C=O) groups excluding carboxylic acids is 1. The second-order valence-corrected chi connectivity index (χ2v) is 7.58. The number of amidine groups is 1. The minimum Gasteiger partial charge on any atom is -0.383 e. The van der Waals surface area contributed by atoms with E-state index in [1.165, 1.54) is 0 Å². The molecule has 168 valence electrons. The van der Waals surface area contributed by atoms with Gasteiger partial charge in [-0.15, -0.1) is 11.6 Å². The van der Waals surface area contributed by atoms with Gasteiger partial charge in [-0.3, -0.25) is 4.99 Å². The summed E-state index contributed by atoms with van der Waals surface area (Å²) in [4.78, 5) is 25.6. The molecule has 9 nitrogen and oxygen atoms in total. The monoisotopic (exact) mass is 451 g/mol. The number of H-pyrrole nitrogens is 1. The summed E-state index contributed by atoms with van der Waals surface area (Å²) in [6.45, 7) is 7.74. The van der Waals surface area contributed by atoms with E-state index in [1.54, 1.807) is 11.1 Å². The molecule has 1 saturated heterocycles. The number of hydrogen-bond acceptors (Lipinski definition) is 5. The predicted octanol–water partition coefficient (Wildman–Crippen LogP) is 0.0856. The zero-order valence-electron chi connectivity index (χ0n) is 17.3. The Balaban J connectivity index is 1.81. The second-order valence-electron chi connectivity index (χ2n) is 7.02. The number of halogens is 2. The average molecular weight is 452 g/mol. The van der Waals surface area contributed by atoms with Gasteiger partial charge in [0.1, 0.15) is 11.3 Å². The van der Waals surface area contributed by atoms with Crippen molar-refractivity contribution in [2.24, 2.45) is 15.7 Å². The van der Waals surface area contributed by atoms with Gasteiger partial charge in [0.2, 0.25) is 0 Å². The van der Waals surface area contributed by atoms with Crippen molar-refractivity contribution >= 4 is 29.5 Å². The highest BCUT2D eigenvalue weighted by atomic mass is 35.5. The number of nitrogens with zero attached hydrogens (tertiary/aromatic N) is 3. The molecule has 2 unspecified atom stereocenters. The molecule has 2 atom stereocenters. The van der Waals surface area contributed by atoms with E-state index in [4.69, 9.17) is 22.1 Å². The maximum Gasteiger partial charge on any atom is 0.317 e. The molecule has 1 fully saturated rings. The Bertz CT molecular complexity index is 1000. The molecule has 2 amide bonds. The number of amides is 2. The van der Waals surface area contributed by atoms with Gasteiger partial charge in [0.15, 0.2) is 11.6 Å². The van der Waals surface area contributed by atoms with Crippen LogP contribution in [-0.2, 0) is 4.74 Å². The van der Waals surface area contributed by atoms with Gasteiger partial charge in [0.25, 0.3) is 0 Å². The lowest BCUT2D eigenvalue weighted by atomic mass is 10.2. The van der Waals surface area contributed by atoms with Crippen LogP contribution in [0.2, 0.25) is 0 Å². The highest BCUT2D eigenvalue weighted by Gasteiger charge is 2.27. The number of aliphatic imine (C=N–C) groups is 1. The van der Waals surface area contributed by atoms with E-state index < -0.39 is 5.83 Å². The van der Waals surface area contributed by atoms with E-state index in [2.05, 4.69) is 32.2 Å². The Morgan fingerprint density at radius 2 is 2.39 bits per heavy atom. The number of aromatic nitrogens is 1. The summed E-state index contributed by atoms with van der Waals surface area (Å²) in [5, 5.41) is 6.20. The van der Waals surface area contributed by atoms with E-state index >= 15 is 0 Å². The number of aromatic amines is 1. The molecule has 0 bridgehead atoms. The zero-order chi connectivity index (χ0) is 22.4. The van der Waals surface area contributed by atoms with E-state index in [-0.39, 0.29) is 35.7 Å². The first-order chi connectivity index (χ1) is 14.9. The summed E-state index contributed by atoms with van der Waals surface area (Å²) in [5.74, 6) is -0.661. The maximum absolute atomic E-state index is 14.5. The van der Waals surface area contributed by atoms with Crippen molar-refractivity contribution in [2.75, 3.05) is 39.4 Å². The number of morpholine rings is 1. The van der Waals surface area contributed by atoms with Gasteiger partial charge in [0, 0.05) is 36.6 Å². The number of ether oxygens (including phenoxy) is 1. The number of alkyl halides is 1. The second kappa shape index (κ2) is 10.5. The van der Waals surface area contributed by atoms with Gasteiger partial charge in [-0.25, -0.2) is 14.2 Å². The minimum absolute atomic E-state index is 0.0842. The lowest BCUT2D eigenvalue weighted by Gasteiger charge is -2.35. The van der Waals surface area contributed by atoms with E-state index in [0.717, 1.165) is 11.3 Å². The van der Waals surface area contributed by atoms with Gasteiger partial charge >= 0.3 is 6.03 Å². The van der Waals surface area contributed by atoms with Crippen LogP contribution in [0.3, 0.4) is 0 Å². The van der Waals surface area contributed by atoms with Crippen LogP contribution < -0.4 is 27.1 Å². The topological polar surface area (TPSA) is 120 Å². The number of fused-ring (bicyclic) bond motifs is 1. The Morgan fingerprint density at radius 3 is 3.13 bits per heavy atom. The number of carbonyl (C=O) groups is 1. The van der Waals surface area contributed by atoms with Crippen molar-refractivity contribution in [3.05, 3.63) is 46.8 Å². The number of allylic oxidation sites excluding steroid dienone is 2. The molecule has 0 radical (unpaired) electrons. The molecule has 0 aliphatic carbocycles. The molecule has 0 saturated carbocycles. The first kappa shape index (κ1) is 22.8. The standard InChI is InChI=1S/C20H27ClFN7O2/c1-3-16(22)19(26-9-13-11-31-6-5-29(13)20(30)24-4-2)28-17(23)15-10-27-18-14(15)7-12(21)8-25-18/h3,7,10,12-13,26H,1,4-6,8-9,11H2,2H3,(H2,23,28)(H,24,30)(H,25,27)/b19-16+. The van der Waals surface area contributed by atoms with Crippen LogP contribution in [0.15, 0.2) is 40.5 Å². The molecule has 3 rings (SSSR count). The minimum atomic E-state index is -0.669. The normalized spacial score (nSPS) is 21.9. The molecule has 0 spiro atoms. The largest absolute Gasteiger partial charge is 0.383 e. The number of nitrogens with two attached hydrogens (primary N) is 1. The smallest absolute Gasteiger partial charge is 0.317 e. The number of rotatable bonds is 7. The molecule has 2 aliphatic heterocycles. The van der Waals surface area contributed by atoms with Crippen LogP contribution >= 0.6 is 11.6 Å². The quantitative estimate of drug-likeness (QED) is 0.203. The van der Waals surface area contributed by atoms with Crippen molar-refractivity contribution in [3.63, 3.8) is 0 Å². The third-order valence-corrected chi connectivity index (χ3v) is 5.17. The summed E-state index contributed by atoms with van der Waals surface area (Å²) in [7, 11) is 0. The summed E-state index contributed by atoms with van der Waals surface area (Å²) >= 11 is 6.17. The number of hydrogen-bond donors (Lipinski definition) is 4. The molecule has 3 heterocycles. The van der Waals surface area contributed by atoms with Crippen molar-refractivity contribution in [1.82, 2.24) is 20.5 Å². The first-order valence-corrected chi connectivity index (χ1v) is 10.5. The van der Waals surface area contributed by atoms with Crippen LogP contribution in [0.25, 0.3) is 6.08 Å². The molecule has 0 aromatic carbocycles. The fraction of sp³-hybridized carbons (Fsp3) is 0.450. The molecule has 1 aromatic heterocycles. The van der Waals surface area contributed by atoms with Crippen molar-refractivity contribution < 1.29 is 13.9 Å². The number of urea groups is 1. The Hall–Kier alpha value is -2.85. The summed E-state index contributed by atoms with van der Waals surface area (Å²) < 4.78 is 20.0. The zero-order valence-corrected chi connectivity index (χ0v) is 18.1. The van der Waals surface area contributed by atoms with Crippen LogP contribution in [0.1, 0.15) is 12.5 Å². The molecular weight excluding hydrogens is 425 g/mol. The van der Waals surface area contributed by atoms with Crippen LogP contribution in [0.5, 0.6) is 0 Å². The van der Waals surface area contributed by atoms with Gasteiger partial charge in [-0.05, 0) is 13.0 Å². The predicted molar refractivity (Wildman–Crippen MR) is 118 cm³/mol. The average Bonchev–Trinajstić information content (AvgIpc) is 3.19. The van der Waals surface area contributed by atoms with Crippen LogP contribution in [0.4, 0.5) is 9.18 Å². The molecular formula is C20H27ClFN7O2. The van der Waals surface area contributed by atoms with Crippen molar-refractivity contribution in [1.29, 1.82) is 0 Å². The van der Waals surface area contributed by atoms with Crippen LogP contribution in [0, 0.1) is 0 Å². The Kier molecular flexibility index (Phi) is 7.69. The van der Waals surface area contributed by atoms with Gasteiger partial charge in [-0.1, -0.05) is 12.7 Å². The van der Waals surface area contributed by atoms with E-state index in [0.29, 0.717) is 43.9 Å². The lowest BCUT2D eigenvalue weighted by molar-refractivity contribution is 0.0136. The maximum atomic E-state index is 14.5. The fourth-order valence-corrected chi connectivity index (χ4v) is 3.56. The van der Waals surface area contributed by atoms with E-state index in [1.807, 2.05) is 13.0 Å². The molecule has 1 aromatic rings. The Labute approximate surface area is 184 Å². The summed E-state index contributed by atoms with van der Waals surface area (Å²) in [6, 6.07) is -0.488. The third kappa shape index (κ3) is 5.45. The lowest BCUT2D eigenvalue weighted by Crippen LogP contribution is -2.55. The molecule has 5 N–H and O–H groups in total. The van der Waals surface area contributed by atoms with Gasteiger partial charge in [0.05, 0.1) is 31.2 Å². The summed E-state index contributed by atoms with van der Waals surface area (Å²) in [5.41, 5.74) is 7.41. The molecule has 31 heavy (non-hydrogen) atoms. The van der Waals surface area contributed by atoms with Crippen LogP contribution in [-0.4, -0.2) is 72.6 Å². The van der Waals surface area contributed by atoms with Crippen molar-refractivity contribution in [3.8, 4) is 0 Å². The molecule has 2 aliphatic rings. The van der Waals surface area contributed by atoms with E-state index in [9.17, 15) is 9.18 Å². The summed E-state index contributed by atoms with van der Waals surface area (Å²) in [6.07, 6.45) is 4.54. The van der Waals surface area contributed by atoms with Gasteiger partial charge in [-0.2, -0.15) is 0 Å². The van der Waals surface area contributed by atoms with Gasteiger partial charge < -0.3 is 31.0 Å². The first-order valence-electron chi connectivity index (χ1n) is 10.0. The molecule has 11 heteroatoms.